The maximum Gasteiger partial charge on any atom is 0.254 e. The number of carbonyl (C=O) groups is 1. The molecule has 1 fully saturated rings. The van der Waals surface area contributed by atoms with Crippen LogP contribution < -0.4 is 0 Å². The van der Waals surface area contributed by atoms with Gasteiger partial charge in [-0.05, 0) is 37.0 Å². The summed E-state index contributed by atoms with van der Waals surface area (Å²) in [6.07, 6.45) is 2.30. The van der Waals surface area contributed by atoms with Gasteiger partial charge < -0.3 is 4.90 Å². The molecule has 2 nitrogen and oxygen atoms in total. The van der Waals surface area contributed by atoms with Gasteiger partial charge in [-0.15, -0.1) is 12.6 Å². The minimum Gasteiger partial charge on any atom is -0.338 e. The van der Waals surface area contributed by atoms with E-state index in [4.69, 9.17) is 0 Å². The van der Waals surface area contributed by atoms with Crippen molar-refractivity contribution in [2.24, 2.45) is 5.92 Å². The van der Waals surface area contributed by atoms with Crippen molar-refractivity contribution in [1.82, 2.24) is 4.90 Å². The second-order valence-electron chi connectivity index (χ2n) is 4.81. The van der Waals surface area contributed by atoms with Crippen LogP contribution in [0.4, 0.5) is 0 Å². The van der Waals surface area contributed by atoms with E-state index in [2.05, 4.69) is 19.6 Å². The van der Waals surface area contributed by atoms with Crippen LogP contribution in [0.2, 0.25) is 0 Å². The van der Waals surface area contributed by atoms with Gasteiger partial charge in [0, 0.05) is 23.5 Å². The predicted molar refractivity (Wildman–Crippen MR) is 72.7 cm³/mol. The van der Waals surface area contributed by atoms with Crippen molar-refractivity contribution < 1.29 is 4.79 Å². The van der Waals surface area contributed by atoms with Gasteiger partial charge in [-0.25, -0.2) is 0 Å². The number of hydrogen-bond donors (Lipinski definition) is 1. The minimum absolute atomic E-state index is 0.161. The third-order valence-electron chi connectivity index (χ3n) is 3.60. The van der Waals surface area contributed by atoms with Crippen molar-refractivity contribution in [3.05, 3.63) is 29.3 Å². The Morgan fingerprint density at radius 2 is 2.29 bits per heavy atom. The van der Waals surface area contributed by atoms with E-state index in [1.165, 1.54) is 0 Å². The molecule has 1 aliphatic rings. The van der Waals surface area contributed by atoms with E-state index in [1.54, 1.807) is 0 Å². The zero-order chi connectivity index (χ0) is 12.4. The Labute approximate surface area is 108 Å². The molecular formula is C14H19NOS. The van der Waals surface area contributed by atoms with Crippen molar-refractivity contribution in [1.29, 1.82) is 0 Å². The van der Waals surface area contributed by atoms with Crippen molar-refractivity contribution in [2.45, 2.75) is 31.6 Å². The molecule has 0 aromatic heterocycles. The van der Waals surface area contributed by atoms with Gasteiger partial charge in [-0.3, -0.25) is 4.79 Å². The van der Waals surface area contributed by atoms with Gasteiger partial charge in [0.25, 0.3) is 5.91 Å². The van der Waals surface area contributed by atoms with Crippen LogP contribution >= 0.6 is 12.6 Å². The van der Waals surface area contributed by atoms with Crippen molar-refractivity contribution in [2.75, 3.05) is 13.1 Å². The first-order valence-electron chi connectivity index (χ1n) is 6.20. The third kappa shape index (κ3) is 2.65. The molecule has 1 amide bonds. The SMILES string of the molecule is CCC1CCN(C(=O)c2cc(S)ccc2C)C1. The van der Waals surface area contributed by atoms with Crippen LogP contribution in [-0.2, 0) is 0 Å². The summed E-state index contributed by atoms with van der Waals surface area (Å²) in [5.41, 5.74) is 1.84. The van der Waals surface area contributed by atoms with Crippen molar-refractivity contribution in [3.8, 4) is 0 Å². The molecule has 1 heterocycles. The van der Waals surface area contributed by atoms with E-state index in [0.29, 0.717) is 5.92 Å². The summed E-state index contributed by atoms with van der Waals surface area (Å²) in [7, 11) is 0. The molecule has 2 rings (SSSR count). The number of rotatable bonds is 2. The summed E-state index contributed by atoms with van der Waals surface area (Å²) in [6, 6.07) is 5.76. The fourth-order valence-electron chi connectivity index (χ4n) is 2.36. The smallest absolute Gasteiger partial charge is 0.254 e. The maximum absolute atomic E-state index is 12.4. The fraction of sp³-hybridized carbons (Fsp3) is 0.500. The second-order valence-corrected chi connectivity index (χ2v) is 5.33. The second kappa shape index (κ2) is 5.13. The summed E-state index contributed by atoms with van der Waals surface area (Å²) in [5, 5.41) is 0. The van der Waals surface area contributed by atoms with Gasteiger partial charge in [0.1, 0.15) is 0 Å². The number of likely N-dealkylation sites (tertiary alicyclic amines) is 1. The Hall–Kier alpha value is -0.960. The Morgan fingerprint density at radius 1 is 1.53 bits per heavy atom. The molecule has 0 aliphatic carbocycles. The highest BCUT2D eigenvalue weighted by Crippen LogP contribution is 2.23. The molecular weight excluding hydrogens is 230 g/mol. The number of benzene rings is 1. The van der Waals surface area contributed by atoms with Gasteiger partial charge in [0.05, 0.1) is 0 Å². The molecule has 0 N–H and O–H groups in total. The molecule has 1 aliphatic heterocycles. The van der Waals surface area contributed by atoms with Gasteiger partial charge in [-0.1, -0.05) is 19.4 Å². The fourth-order valence-corrected chi connectivity index (χ4v) is 2.56. The standard InChI is InChI=1S/C14H19NOS/c1-3-11-6-7-15(9-11)14(16)13-8-12(17)5-4-10(13)2/h4-5,8,11,17H,3,6-7,9H2,1-2H3. The van der Waals surface area contributed by atoms with E-state index in [-0.39, 0.29) is 5.91 Å². The number of amides is 1. The quantitative estimate of drug-likeness (QED) is 0.798. The van der Waals surface area contributed by atoms with Crippen molar-refractivity contribution in [3.63, 3.8) is 0 Å². The van der Waals surface area contributed by atoms with Crippen LogP contribution in [0.1, 0.15) is 35.7 Å². The number of carbonyl (C=O) groups excluding carboxylic acids is 1. The Morgan fingerprint density at radius 3 is 2.94 bits per heavy atom. The largest absolute Gasteiger partial charge is 0.338 e. The van der Waals surface area contributed by atoms with Crippen LogP contribution in [0, 0.1) is 12.8 Å². The highest BCUT2D eigenvalue weighted by molar-refractivity contribution is 7.80. The molecule has 3 heteroatoms. The molecule has 1 aromatic rings. The summed E-state index contributed by atoms with van der Waals surface area (Å²) >= 11 is 4.30. The average Bonchev–Trinajstić information content (AvgIpc) is 2.80. The molecule has 0 spiro atoms. The lowest BCUT2D eigenvalue weighted by Gasteiger charge is -2.17. The summed E-state index contributed by atoms with van der Waals surface area (Å²) < 4.78 is 0. The van der Waals surface area contributed by atoms with Gasteiger partial charge >= 0.3 is 0 Å². The van der Waals surface area contributed by atoms with Gasteiger partial charge in [0.15, 0.2) is 0 Å². The van der Waals surface area contributed by atoms with Crippen LogP contribution in [0.15, 0.2) is 23.1 Å². The van der Waals surface area contributed by atoms with E-state index in [9.17, 15) is 4.79 Å². The number of thiol groups is 1. The topological polar surface area (TPSA) is 20.3 Å². The molecule has 17 heavy (non-hydrogen) atoms. The Kier molecular flexibility index (Phi) is 3.77. The normalized spacial score (nSPS) is 19.7. The number of hydrogen-bond acceptors (Lipinski definition) is 2. The van der Waals surface area contributed by atoms with Crippen LogP contribution in [0.25, 0.3) is 0 Å². The monoisotopic (exact) mass is 249 g/mol. The molecule has 92 valence electrons. The van der Waals surface area contributed by atoms with Gasteiger partial charge in [0.2, 0.25) is 0 Å². The lowest BCUT2D eigenvalue weighted by Crippen LogP contribution is -2.29. The van der Waals surface area contributed by atoms with E-state index in [1.807, 2.05) is 30.0 Å². The molecule has 1 unspecified atom stereocenters. The predicted octanol–water partition coefficient (Wildman–Crippen LogP) is 3.16. The molecule has 0 saturated carbocycles. The molecule has 1 aromatic carbocycles. The Balaban J connectivity index is 2.17. The van der Waals surface area contributed by atoms with Crippen LogP contribution in [-0.4, -0.2) is 23.9 Å². The molecule has 0 bridgehead atoms. The van der Waals surface area contributed by atoms with E-state index in [0.717, 1.165) is 42.0 Å². The molecule has 1 saturated heterocycles. The zero-order valence-corrected chi connectivity index (χ0v) is 11.3. The van der Waals surface area contributed by atoms with Crippen LogP contribution in [0.5, 0.6) is 0 Å². The summed E-state index contributed by atoms with van der Waals surface area (Å²) in [5.74, 6) is 0.841. The lowest BCUT2D eigenvalue weighted by molar-refractivity contribution is 0.0786. The lowest BCUT2D eigenvalue weighted by atomic mass is 10.1. The summed E-state index contributed by atoms with van der Waals surface area (Å²) in [6.45, 7) is 5.98. The van der Waals surface area contributed by atoms with E-state index < -0.39 is 0 Å². The zero-order valence-electron chi connectivity index (χ0n) is 10.4. The highest BCUT2D eigenvalue weighted by Gasteiger charge is 2.26. The number of aryl methyl sites for hydroxylation is 1. The molecule has 0 radical (unpaired) electrons. The average molecular weight is 249 g/mol. The Bertz CT molecular complexity index is 430. The third-order valence-corrected chi connectivity index (χ3v) is 3.88. The number of nitrogens with zero attached hydrogens (tertiary/aromatic N) is 1. The van der Waals surface area contributed by atoms with E-state index >= 15 is 0 Å². The summed E-state index contributed by atoms with van der Waals surface area (Å²) in [4.78, 5) is 15.2. The van der Waals surface area contributed by atoms with Crippen LogP contribution in [0.3, 0.4) is 0 Å². The molecule has 1 atom stereocenters. The highest BCUT2D eigenvalue weighted by atomic mass is 32.1. The van der Waals surface area contributed by atoms with Crippen molar-refractivity contribution >= 4 is 18.5 Å². The maximum atomic E-state index is 12.4. The first kappa shape index (κ1) is 12.5. The first-order valence-corrected chi connectivity index (χ1v) is 6.65. The first-order chi connectivity index (χ1) is 8.11. The minimum atomic E-state index is 0.161. The van der Waals surface area contributed by atoms with Gasteiger partial charge in [-0.2, -0.15) is 0 Å².